The van der Waals surface area contributed by atoms with Crippen molar-refractivity contribution in [2.45, 2.75) is 0 Å². The molecule has 0 aliphatic rings. The van der Waals surface area contributed by atoms with Crippen molar-refractivity contribution in [2.24, 2.45) is 0 Å². The molecule has 1 N–H and O–H groups in total. The van der Waals surface area contributed by atoms with Gasteiger partial charge >= 0.3 is 0 Å². The van der Waals surface area contributed by atoms with Gasteiger partial charge in [0.25, 0.3) is 5.91 Å². The second kappa shape index (κ2) is 4.86. The predicted molar refractivity (Wildman–Crippen MR) is 61.1 cm³/mol. The van der Waals surface area contributed by atoms with Gasteiger partial charge in [0, 0.05) is 18.0 Å². The first kappa shape index (κ1) is 10.8. The highest BCUT2D eigenvalue weighted by Crippen LogP contribution is 2.07. The standard InChI is InChI=1S/C12H8N4O/c13-7-11-6-9(3-5-15-11)12(17)16-10-2-1-4-14-8-10/h1-6,8H,(H,16,17). The van der Waals surface area contributed by atoms with Crippen LogP contribution in [0, 0.1) is 11.3 Å². The lowest BCUT2D eigenvalue weighted by Gasteiger charge is -2.03. The molecule has 1 amide bonds. The van der Waals surface area contributed by atoms with Gasteiger partial charge in [-0.15, -0.1) is 0 Å². The van der Waals surface area contributed by atoms with Gasteiger partial charge < -0.3 is 5.32 Å². The van der Waals surface area contributed by atoms with E-state index in [1.165, 1.54) is 12.3 Å². The third-order valence-corrected chi connectivity index (χ3v) is 2.06. The van der Waals surface area contributed by atoms with Gasteiger partial charge in [0.2, 0.25) is 0 Å². The Hall–Kier alpha value is -2.74. The van der Waals surface area contributed by atoms with Crippen molar-refractivity contribution in [2.75, 3.05) is 5.32 Å². The summed E-state index contributed by atoms with van der Waals surface area (Å²) in [5.74, 6) is -0.295. The number of nitriles is 1. The number of anilines is 1. The van der Waals surface area contributed by atoms with Crippen molar-refractivity contribution in [3.63, 3.8) is 0 Å². The largest absolute Gasteiger partial charge is 0.321 e. The molecule has 0 aromatic carbocycles. The molecular formula is C12H8N4O. The lowest BCUT2D eigenvalue weighted by atomic mass is 10.2. The Bertz CT molecular complexity index is 575. The Morgan fingerprint density at radius 3 is 2.94 bits per heavy atom. The molecule has 5 heteroatoms. The Kier molecular flexibility index (Phi) is 3.08. The molecule has 0 atom stereocenters. The smallest absolute Gasteiger partial charge is 0.255 e. The zero-order valence-corrected chi connectivity index (χ0v) is 8.79. The monoisotopic (exact) mass is 224 g/mol. The maximum Gasteiger partial charge on any atom is 0.255 e. The molecule has 0 aliphatic heterocycles. The number of aromatic nitrogens is 2. The molecule has 0 radical (unpaired) electrons. The molecule has 0 fully saturated rings. The minimum absolute atomic E-state index is 0.212. The summed E-state index contributed by atoms with van der Waals surface area (Å²) in [4.78, 5) is 19.5. The van der Waals surface area contributed by atoms with Crippen molar-refractivity contribution in [1.29, 1.82) is 5.26 Å². The van der Waals surface area contributed by atoms with E-state index in [2.05, 4.69) is 15.3 Å². The van der Waals surface area contributed by atoms with Gasteiger partial charge in [-0.05, 0) is 24.3 Å². The highest BCUT2D eigenvalue weighted by molar-refractivity contribution is 6.04. The van der Waals surface area contributed by atoms with Gasteiger partial charge in [0.05, 0.1) is 11.9 Å². The fraction of sp³-hybridized carbons (Fsp3) is 0. The fourth-order valence-corrected chi connectivity index (χ4v) is 1.27. The second-order valence-electron chi connectivity index (χ2n) is 3.24. The van der Waals surface area contributed by atoms with E-state index in [4.69, 9.17) is 5.26 Å². The number of pyridine rings is 2. The first-order valence-corrected chi connectivity index (χ1v) is 4.87. The normalized spacial score (nSPS) is 9.35. The molecule has 0 unspecified atom stereocenters. The number of carbonyl (C=O) groups is 1. The zero-order valence-electron chi connectivity index (χ0n) is 8.79. The van der Waals surface area contributed by atoms with E-state index in [1.54, 1.807) is 30.6 Å². The molecule has 0 aliphatic carbocycles. The van der Waals surface area contributed by atoms with Crippen molar-refractivity contribution < 1.29 is 4.79 Å². The lowest BCUT2D eigenvalue weighted by Crippen LogP contribution is -2.12. The summed E-state index contributed by atoms with van der Waals surface area (Å²) in [5.41, 5.74) is 1.21. The van der Waals surface area contributed by atoms with Crippen LogP contribution < -0.4 is 5.32 Å². The first-order valence-electron chi connectivity index (χ1n) is 4.87. The number of nitrogens with zero attached hydrogens (tertiary/aromatic N) is 3. The number of carbonyl (C=O) groups excluding carboxylic acids is 1. The van der Waals surface area contributed by atoms with Crippen LogP contribution in [0.25, 0.3) is 0 Å². The number of hydrogen-bond donors (Lipinski definition) is 1. The molecule has 5 nitrogen and oxygen atoms in total. The van der Waals surface area contributed by atoms with Gasteiger partial charge in [0.1, 0.15) is 11.8 Å². The van der Waals surface area contributed by atoms with Gasteiger partial charge in [-0.25, -0.2) is 4.98 Å². The summed E-state index contributed by atoms with van der Waals surface area (Å²) in [6.07, 6.45) is 4.59. The Balaban J connectivity index is 2.18. The third kappa shape index (κ3) is 2.63. The van der Waals surface area contributed by atoms with E-state index in [0.717, 1.165) is 0 Å². The minimum atomic E-state index is -0.295. The number of nitrogens with one attached hydrogen (secondary N) is 1. The molecule has 17 heavy (non-hydrogen) atoms. The van der Waals surface area contributed by atoms with Crippen molar-refractivity contribution >= 4 is 11.6 Å². The summed E-state index contributed by atoms with van der Waals surface area (Å²) in [7, 11) is 0. The summed E-state index contributed by atoms with van der Waals surface area (Å²) < 4.78 is 0. The van der Waals surface area contributed by atoms with Crippen LogP contribution >= 0.6 is 0 Å². The van der Waals surface area contributed by atoms with E-state index in [0.29, 0.717) is 11.3 Å². The van der Waals surface area contributed by atoms with Gasteiger partial charge in [-0.3, -0.25) is 9.78 Å². The number of hydrogen-bond acceptors (Lipinski definition) is 4. The van der Waals surface area contributed by atoms with Crippen LogP contribution in [0.2, 0.25) is 0 Å². The van der Waals surface area contributed by atoms with Crippen molar-refractivity contribution in [3.05, 3.63) is 54.1 Å². The van der Waals surface area contributed by atoms with Crippen molar-refractivity contribution in [3.8, 4) is 6.07 Å². The predicted octanol–water partition coefficient (Wildman–Crippen LogP) is 1.60. The first-order chi connectivity index (χ1) is 8.29. The average Bonchev–Trinajstić information content (AvgIpc) is 2.40. The molecule has 0 saturated carbocycles. The Morgan fingerprint density at radius 1 is 1.35 bits per heavy atom. The van der Waals surface area contributed by atoms with Crippen molar-refractivity contribution in [1.82, 2.24) is 9.97 Å². The minimum Gasteiger partial charge on any atom is -0.321 e. The van der Waals surface area contributed by atoms with E-state index in [1.807, 2.05) is 6.07 Å². The molecule has 0 saturated heterocycles. The molecule has 0 bridgehead atoms. The average molecular weight is 224 g/mol. The fourth-order valence-electron chi connectivity index (χ4n) is 1.27. The van der Waals surface area contributed by atoms with Gasteiger partial charge in [-0.1, -0.05) is 0 Å². The number of rotatable bonds is 2. The van der Waals surface area contributed by atoms with Crippen LogP contribution in [0.15, 0.2) is 42.9 Å². The van der Waals surface area contributed by atoms with Crippen LogP contribution in [-0.2, 0) is 0 Å². The molecule has 2 aromatic heterocycles. The van der Waals surface area contributed by atoms with E-state index < -0.39 is 0 Å². The molecule has 0 spiro atoms. The SMILES string of the molecule is N#Cc1cc(C(=O)Nc2cccnc2)ccn1. The van der Waals surface area contributed by atoms with Gasteiger partial charge in [-0.2, -0.15) is 5.26 Å². The van der Waals surface area contributed by atoms with E-state index in [9.17, 15) is 4.79 Å². The molecule has 2 rings (SSSR count). The summed E-state index contributed by atoms with van der Waals surface area (Å²) in [6, 6.07) is 8.33. The third-order valence-electron chi connectivity index (χ3n) is 2.06. The van der Waals surface area contributed by atoms with E-state index in [-0.39, 0.29) is 11.6 Å². The Morgan fingerprint density at radius 2 is 2.24 bits per heavy atom. The maximum atomic E-state index is 11.8. The molecule has 82 valence electrons. The van der Waals surface area contributed by atoms with Crippen LogP contribution in [0.3, 0.4) is 0 Å². The maximum absolute atomic E-state index is 11.8. The molecule has 2 heterocycles. The zero-order chi connectivity index (χ0) is 12.1. The molecular weight excluding hydrogens is 216 g/mol. The van der Waals surface area contributed by atoms with E-state index >= 15 is 0 Å². The highest BCUT2D eigenvalue weighted by Gasteiger charge is 2.06. The highest BCUT2D eigenvalue weighted by atomic mass is 16.1. The van der Waals surface area contributed by atoms with Crippen LogP contribution in [0.5, 0.6) is 0 Å². The van der Waals surface area contributed by atoms with Crippen LogP contribution in [0.1, 0.15) is 16.1 Å². The Labute approximate surface area is 97.8 Å². The summed E-state index contributed by atoms with van der Waals surface area (Å²) in [6.45, 7) is 0. The molecule has 2 aromatic rings. The van der Waals surface area contributed by atoms with Crippen LogP contribution in [0.4, 0.5) is 5.69 Å². The summed E-state index contributed by atoms with van der Waals surface area (Å²) >= 11 is 0. The number of amides is 1. The lowest BCUT2D eigenvalue weighted by molar-refractivity contribution is 0.102. The quantitative estimate of drug-likeness (QED) is 0.840. The van der Waals surface area contributed by atoms with Crippen LogP contribution in [-0.4, -0.2) is 15.9 Å². The van der Waals surface area contributed by atoms with Gasteiger partial charge in [0.15, 0.2) is 0 Å². The second-order valence-corrected chi connectivity index (χ2v) is 3.24. The summed E-state index contributed by atoms with van der Waals surface area (Å²) in [5, 5.41) is 11.4. The topological polar surface area (TPSA) is 78.7 Å².